The van der Waals surface area contributed by atoms with Crippen molar-refractivity contribution >= 4 is 23.5 Å². The van der Waals surface area contributed by atoms with Crippen LogP contribution in [0.25, 0.3) is 0 Å². The minimum atomic E-state index is 0.0688. The van der Waals surface area contributed by atoms with Gasteiger partial charge >= 0.3 is 0 Å². The smallest absolute Gasteiger partial charge is 0.0766 e. The minimum absolute atomic E-state index is 0.0688. The zero-order valence-electron chi connectivity index (χ0n) is 9.50. The molecular weight excluding hydrogens is 240 g/mol. The number of thioether (sulfide) groups is 2. The summed E-state index contributed by atoms with van der Waals surface area (Å²) in [5.41, 5.74) is 7.40. The Morgan fingerprint density at radius 1 is 1.62 bits per heavy atom. The van der Waals surface area contributed by atoms with Gasteiger partial charge in [0.15, 0.2) is 0 Å². The topological polar surface area (TPSA) is 56.7 Å². The Bertz CT molecular complexity index is 322. The second-order valence-electron chi connectivity index (χ2n) is 3.89. The van der Waals surface area contributed by atoms with Crippen molar-refractivity contribution in [1.82, 2.24) is 15.0 Å². The summed E-state index contributed by atoms with van der Waals surface area (Å²) in [7, 11) is 0. The maximum absolute atomic E-state index is 6.31. The summed E-state index contributed by atoms with van der Waals surface area (Å²) >= 11 is 3.98. The Morgan fingerprint density at radius 2 is 2.50 bits per heavy atom. The molecule has 2 rings (SSSR count). The molecule has 1 aromatic rings. The number of aryl methyl sites for hydroxylation is 1. The number of hydrogen-bond acceptors (Lipinski definition) is 5. The lowest BCUT2D eigenvalue weighted by Gasteiger charge is -2.26. The summed E-state index contributed by atoms with van der Waals surface area (Å²) in [5.74, 6) is 3.60. The summed E-state index contributed by atoms with van der Waals surface area (Å²) in [6, 6.07) is 0.0688. The third kappa shape index (κ3) is 2.73. The van der Waals surface area contributed by atoms with E-state index in [4.69, 9.17) is 5.73 Å². The van der Waals surface area contributed by atoms with Crippen LogP contribution in [0.3, 0.4) is 0 Å². The monoisotopic (exact) mass is 258 g/mol. The largest absolute Gasteiger partial charge is 0.322 e. The molecule has 2 unspecified atom stereocenters. The first-order chi connectivity index (χ1) is 7.83. The number of nitrogens with two attached hydrogens (primary N) is 1. The van der Waals surface area contributed by atoms with E-state index in [0.29, 0.717) is 5.25 Å². The molecule has 1 fully saturated rings. The summed E-state index contributed by atoms with van der Waals surface area (Å²) in [6.45, 7) is 3.05. The molecule has 1 aromatic heterocycles. The molecule has 1 saturated heterocycles. The molecule has 2 heterocycles. The van der Waals surface area contributed by atoms with Crippen molar-refractivity contribution in [1.29, 1.82) is 0 Å². The fourth-order valence-electron chi connectivity index (χ4n) is 1.81. The predicted molar refractivity (Wildman–Crippen MR) is 70.8 cm³/mol. The fraction of sp³-hybridized carbons (Fsp3) is 0.800. The zero-order valence-corrected chi connectivity index (χ0v) is 11.1. The van der Waals surface area contributed by atoms with E-state index < -0.39 is 0 Å². The average Bonchev–Trinajstić information content (AvgIpc) is 2.78. The summed E-state index contributed by atoms with van der Waals surface area (Å²) in [6.07, 6.45) is 2.88. The highest BCUT2D eigenvalue weighted by Gasteiger charge is 2.25. The van der Waals surface area contributed by atoms with Crippen LogP contribution in [0.5, 0.6) is 0 Å². The molecule has 0 spiro atoms. The van der Waals surface area contributed by atoms with Crippen molar-refractivity contribution in [3.63, 3.8) is 0 Å². The van der Waals surface area contributed by atoms with Gasteiger partial charge in [-0.15, -0.1) is 5.10 Å². The van der Waals surface area contributed by atoms with E-state index in [1.807, 2.05) is 34.4 Å². The molecule has 0 aromatic carbocycles. The van der Waals surface area contributed by atoms with Gasteiger partial charge in [0.1, 0.15) is 0 Å². The molecule has 0 saturated carbocycles. The van der Waals surface area contributed by atoms with E-state index >= 15 is 0 Å². The molecule has 0 amide bonds. The van der Waals surface area contributed by atoms with Crippen LogP contribution in [0.2, 0.25) is 0 Å². The van der Waals surface area contributed by atoms with Crippen LogP contribution in [0, 0.1) is 0 Å². The Balaban J connectivity index is 2.06. The molecular formula is C10H18N4S2. The van der Waals surface area contributed by atoms with E-state index in [2.05, 4.69) is 17.2 Å². The van der Waals surface area contributed by atoms with E-state index in [-0.39, 0.29) is 6.04 Å². The van der Waals surface area contributed by atoms with Crippen molar-refractivity contribution in [2.45, 2.75) is 31.2 Å². The van der Waals surface area contributed by atoms with Gasteiger partial charge in [-0.3, -0.25) is 0 Å². The highest BCUT2D eigenvalue weighted by atomic mass is 32.2. The maximum atomic E-state index is 6.31. The molecule has 1 aliphatic rings. The lowest BCUT2D eigenvalue weighted by Crippen LogP contribution is -2.30. The summed E-state index contributed by atoms with van der Waals surface area (Å²) in [4.78, 5) is 0. The molecule has 90 valence electrons. The lowest BCUT2D eigenvalue weighted by atomic mass is 10.2. The molecule has 2 N–H and O–H groups in total. The average molecular weight is 258 g/mol. The van der Waals surface area contributed by atoms with Gasteiger partial charge in [-0.1, -0.05) is 12.1 Å². The van der Waals surface area contributed by atoms with Crippen LogP contribution < -0.4 is 5.73 Å². The number of nitrogens with zero attached hydrogens (tertiary/aromatic N) is 3. The van der Waals surface area contributed by atoms with Crippen LogP contribution in [0.15, 0.2) is 6.20 Å². The van der Waals surface area contributed by atoms with Gasteiger partial charge in [-0.2, -0.15) is 23.5 Å². The van der Waals surface area contributed by atoms with Gasteiger partial charge < -0.3 is 5.73 Å². The minimum Gasteiger partial charge on any atom is -0.322 e. The van der Waals surface area contributed by atoms with Crippen LogP contribution in [-0.2, 0) is 6.54 Å². The zero-order chi connectivity index (χ0) is 11.4. The summed E-state index contributed by atoms with van der Waals surface area (Å²) < 4.78 is 1.95. The highest BCUT2D eigenvalue weighted by Crippen LogP contribution is 2.31. The van der Waals surface area contributed by atoms with Crippen molar-refractivity contribution in [2.24, 2.45) is 5.73 Å². The van der Waals surface area contributed by atoms with Gasteiger partial charge in [0, 0.05) is 29.1 Å². The SMILES string of the molecule is CCCn1nncc1C(N)C1CSCCS1. The van der Waals surface area contributed by atoms with Crippen molar-refractivity contribution < 1.29 is 0 Å². The second-order valence-corrected chi connectivity index (χ2v) is 6.39. The molecule has 0 aliphatic carbocycles. The van der Waals surface area contributed by atoms with Gasteiger partial charge in [0.25, 0.3) is 0 Å². The first kappa shape index (κ1) is 12.3. The summed E-state index contributed by atoms with van der Waals surface area (Å²) in [5, 5.41) is 8.57. The number of aromatic nitrogens is 3. The van der Waals surface area contributed by atoms with Crippen molar-refractivity contribution in [3.8, 4) is 0 Å². The van der Waals surface area contributed by atoms with E-state index in [0.717, 1.165) is 24.4 Å². The van der Waals surface area contributed by atoms with Gasteiger partial charge in [0.05, 0.1) is 17.9 Å². The molecule has 0 bridgehead atoms. The van der Waals surface area contributed by atoms with E-state index in [1.165, 1.54) is 11.5 Å². The molecule has 1 aliphatic heterocycles. The Hall–Kier alpha value is -0.200. The van der Waals surface area contributed by atoms with Gasteiger partial charge in [-0.05, 0) is 6.42 Å². The first-order valence-electron chi connectivity index (χ1n) is 5.66. The molecule has 6 heteroatoms. The third-order valence-electron chi connectivity index (χ3n) is 2.67. The van der Waals surface area contributed by atoms with Crippen molar-refractivity contribution in [3.05, 3.63) is 11.9 Å². The Labute approximate surface area is 105 Å². The Morgan fingerprint density at radius 3 is 3.19 bits per heavy atom. The molecule has 16 heavy (non-hydrogen) atoms. The van der Waals surface area contributed by atoms with Crippen LogP contribution >= 0.6 is 23.5 Å². The Kier molecular flexibility index (Phi) is 4.55. The van der Waals surface area contributed by atoms with Gasteiger partial charge in [0.2, 0.25) is 0 Å². The molecule has 4 nitrogen and oxygen atoms in total. The number of hydrogen-bond donors (Lipinski definition) is 1. The van der Waals surface area contributed by atoms with Crippen molar-refractivity contribution in [2.75, 3.05) is 17.3 Å². The molecule has 2 atom stereocenters. The quantitative estimate of drug-likeness (QED) is 0.887. The maximum Gasteiger partial charge on any atom is 0.0766 e. The normalized spacial score (nSPS) is 23.2. The predicted octanol–water partition coefficient (Wildman–Crippen LogP) is 1.54. The number of rotatable bonds is 4. The van der Waals surface area contributed by atoms with Crippen LogP contribution in [0.1, 0.15) is 25.1 Å². The van der Waals surface area contributed by atoms with Crippen LogP contribution in [0.4, 0.5) is 0 Å². The third-order valence-corrected chi connectivity index (χ3v) is 5.55. The molecule has 0 radical (unpaired) electrons. The van der Waals surface area contributed by atoms with E-state index in [9.17, 15) is 0 Å². The van der Waals surface area contributed by atoms with Crippen LogP contribution in [-0.4, -0.2) is 37.5 Å². The second kappa shape index (κ2) is 5.93. The fourth-order valence-corrected chi connectivity index (χ4v) is 4.60. The highest BCUT2D eigenvalue weighted by molar-refractivity contribution is 8.06. The van der Waals surface area contributed by atoms with E-state index in [1.54, 1.807) is 0 Å². The standard InChI is InChI=1S/C10H18N4S2/c1-2-3-14-8(6-12-13-14)10(11)9-7-15-4-5-16-9/h6,9-10H,2-5,7,11H2,1H3. The first-order valence-corrected chi connectivity index (χ1v) is 7.86. The lowest BCUT2D eigenvalue weighted by molar-refractivity contribution is 0.526. The van der Waals surface area contributed by atoms with Gasteiger partial charge in [-0.25, -0.2) is 4.68 Å².